The second-order valence-electron chi connectivity index (χ2n) is 7.91. The Bertz CT molecular complexity index is 955. The number of carboxylic acid groups (broad SMARTS) is 1. The maximum Gasteiger partial charge on any atom is 0.490 e. The molecule has 0 radical (unpaired) electrons. The van der Waals surface area contributed by atoms with Gasteiger partial charge in [0, 0.05) is 32.1 Å². The zero-order chi connectivity index (χ0) is 23.5. The summed E-state index contributed by atoms with van der Waals surface area (Å²) >= 11 is 0. The van der Waals surface area contributed by atoms with Crippen LogP contribution in [-0.2, 0) is 23.0 Å². The third-order valence-electron chi connectivity index (χ3n) is 5.37. The van der Waals surface area contributed by atoms with Gasteiger partial charge in [0.15, 0.2) is 0 Å². The molecule has 1 saturated carbocycles. The molecule has 1 atom stereocenters. The molecule has 1 N–H and O–H groups in total. The topological polar surface area (TPSA) is 97.5 Å². The first-order valence-electron chi connectivity index (χ1n) is 10.2. The van der Waals surface area contributed by atoms with Crippen molar-refractivity contribution >= 4 is 11.9 Å². The highest BCUT2D eigenvalue weighted by Gasteiger charge is 2.38. The van der Waals surface area contributed by atoms with Crippen LogP contribution in [0.2, 0.25) is 0 Å². The summed E-state index contributed by atoms with van der Waals surface area (Å²) in [4.78, 5) is 28.2. The van der Waals surface area contributed by atoms with Gasteiger partial charge in [0.25, 0.3) is 5.91 Å². The molecule has 8 nitrogen and oxygen atoms in total. The molecule has 11 heteroatoms. The van der Waals surface area contributed by atoms with Crippen molar-refractivity contribution in [1.29, 1.82) is 0 Å². The average Bonchev–Trinajstić information content (AvgIpc) is 3.49. The van der Waals surface area contributed by atoms with Crippen molar-refractivity contribution in [2.24, 2.45) is 13.0 Å². The van der Waals surface area contributed by atoms with Crippen molar-refractivity contribution in [3.63, 3.8) is 0 Å². The van der Waals surface area contributed by atoms with Crippen LogP contribution in [0.1, 0.15) is 46.2 Å². The number of hydrogen-bond donors (Lipinski definition) is 1. The molecule has 1 unspecified atom stereocenters. The first kappa shape index (κ1) is 23.7. The van der Waals surface area contributed by atoms with E-state index in [1.54, 1.807) is 6.20 Å². The van der Waals surface area contributed by atoms with Crippen LogP contribution in [0.25, 0.3) is 0 Å². The highest BCUT2D eigenvalue weighted by Crippen LogP contribution is 2.33. The Hall–Kier alpha value is -2.95. The number of aromatic nitrogens is 3. The van der Waals surface area contributed by atoms with Gasteiger partial charge >= 0.3 is 12.1 Å². The van der Waals surface area contributed by atoms with Crippen molar-refractivity contribution in [1.82, 2.24) is 19.7 Å². The Morgan fingerprint density at radius 2 is 1.91 bits per heavy atom. The van der Waals surface area contributed by atoms with E-state index >= 15 is 0 Å². The van der Waals surface area contributed by atoms with E-state index in [0.717, 1.165) is 24.4 Å². The van der Waals surface area contributed by atoms with Gasteiger partial charge in [0.1, 0.15) is 0 Å². The van der Waals surface area contributed by atoms with Crippen LogP contribution in [0, 0.1) is 12.8 Å². The molecule has 2 aromatic rings. The molecule has 0 saturated heterocycles. The van der Waals surface area contributed by atoms with Crippen molar-refractivity contribution in [3.05, 3.63) is 47.0 Å². The number of ether oxygens (including phenoxy) is 1. The predicted molar refractivity (Wildman–Crippen MR) is 107 cm³/mol. The minimum atomic E-state index is -5.08. The lowest BCUT2D eigenvalue weighted by molar-refractivity contribution is -0.192. The second kappa shape index (κ2) is 9.68. The van der Waals surface area contributed by atoms with E-state index in [9.17, 15) is 18.0 Å². The molecule has 1 aliphatic carbocycles. The number of nitrogens with zero attached hydrogens (tertiary/aromatic N) is 4. The summed E-state index contributed by atoms with van der Waals surface area (Å²) in [6, 6.07) is 3.64. The number of amides is 1. The smallest absolute Gasteiger partial charge is 0.475 e. The van der Waals surface area contributed by atoms with Gasteiger partial charge in [-0.3, -0.25) is 14.5 Å². The molecule has 3 heterocycles. The third-order valence-corrected chi connectivity index (χ3v) is 5.37. The molecule has 174 valence electrons. The number of carbonyl (C=O) groups excluding carboxylic acids is 1. The van der Waals surface area contributed by atoms with Gasteiger partial charge < -0.3 is 14.7 Å². The van der Waals surface area contributed by atoms with E-state index in [2.05, 4.69) is 10.1 Å². The molecule has 0 spiro atoms. The number of hydrogen-bond acceptors (Lipinski definition) is 5. The van der Waals surface area contributed by atoms with Crippen LogP contribution >= 0.6 is 0 Å². The van der Waals surface area contributed by atoms with Gasteiger partial charge in [-0.25, -0.2) is 4.79 Å². The van der Waals surface area contributed by atoms with Crippen LogP contribution in [0.3, 0.4) is 0 Å². The Kier molecular flexibility index (Phi) is 7.17. The van der Waals surface area contributed by atoms with E-state index in [1.807, 2.05) is 41.9 Å². The fourth-order valence-electron chi connectivity index (χ4n) is 3.46. The number of alkyl halides is 3. The third kappa shape index (κ3) is 5.84. The van der Waals surface area contributed by atoms with Crippen LogP contribution in [0.15, 0.2) is 24.5 Å². The zero-order valence-corrected chi connectivity index (χ0v) is 17.8. The van der Waals surface area contributed by atoms with E-state index in [-0.39, 0.29) is 11.9 Å². The summed E-state index contributed by atoms with van der Waals surface area (Å²) in [5, 5.41) is 11.5. The molecule has 0 aromatic carbocycles. The summed E-state index contributed by atoms with van der Waals surface area (Å²) in [6.07, 6.45) is 1.85. The summed E-state index contributed by atoms with van der Waals surface area (Å²) in [5.74, 6) is -2.04. The number of pyridine rings is 1. The molecule has 1 amide bonds. The highest BCUT2D eigenvalue weighted by atomic mass is 19.4. The van der Waals surface area contributed by atoms with E-state index in [0.29, 0.717) is 24.6 Å². The standard InChI is InChI=1S/C19H24N4O2.C2HF3O2/c1-13-3-6-16(9-20-13)19(24)23-8-7-15-10-21-22(2)18(15)17(23)12-25-11-14-4-5-14;3-2(4,5)1(6)7/h3,6,9-10,14,17H,4-5,7-8,11-12H2,1-2H3;(H,6,7). The quantitative estimate of drug-likeness (QED) is 0.746. The molecule has 4 rings (SSSR count). The fourth-order valence-corrected chi connectivity index (χ4v) is 3.46. The number of fused-ring (bicyclic) bond motifs is 1. The number of carbonyl (C=O) groups is 2. The Labute approximate surface area is 183 Å². The van der Waals surface area contributed by atoms with Crippen molar-refractivity contribution in [2.75, 3.05) is 19.8 Å². The van der Waals surface area contributed by atoms with Crippen LogP contribution in [0.4, 0.5) is 13.2 Å². The molecular weight excluding hydrogens is 429 g/mol. The van der Waals surface area contributed by atoms with Gasteiger partial charge in [-0.2, -0.15) is 18.3 Å². The Morgan fingerprint density at radius 1 is 1.22 bits per heavy atom. The number of rotatable bonds is 5. The van der Waals surface area contributed by atoms with Gasteiger partial charge in [-0.1, -0.05) is 0 Å². The lowest BCUT2D eigenvalue weighted by Gasteiger charge is -2.36. The number of halogens is 3. The normalized spacial score (nSPS) is 17.9. The van der Waals surface area contributed by atoms with E-state index < -0.39 is 12.1 Å². The van der Waals surface area contributed by atoms with Crippen molar-refractivity contribution in [2.45, 2.75) is 38.4 Å². The molecule has 0 bridgehead atoms. The number of aryl methyl sites for hydroxylation is 2. The van der Waals surface area contributed by atoms with Crippen molar-refractivity contribution < 1.29 is 32.6 Å². The maximum absolute atomic E-state index is 13.1. The molecule has 32 heavy (non-hydrogen) atoms. The fraction of sp³-hybridized carbons (Fsp3) is 0.524. The zero-order valence-electron chi connectivity index (χ0n) is 17.8. The van der Waals surface area contributed by atoms with Crippen molar-refractivity contribution in [3.8, 4) is 0 Å². The van der Waals surface area contributed by atoms with E-state index in [1.165, 1.54) is 18.4 Å². The van der Waals surface area contributed by atoms with Crippen LogP contribution in [0.5, 0.6) is 0 Å². The Balaban J connectivity index is 0.000000360. The highest BCUT2D eigenvalue weighted by molar-refractivity contribution is 5.94. The molecular formula is C21H25F3N4O4. The minimum absolute atomic E-state index is 0.0133. The largest absolute Gasteiger partial charge is 0.490 e. The average molecular weight is 454 g/mol. The summed E-state index contributed by atoms with van der Waals surface area (Å²) < 4.78 is 39.6. The second-order valence-corrected chi connectivity index (χ2v) is 7.91. The van der Waals surface area contributed by atoms with Crippen LogP contribution < -0.4 is 0 Å². The van der Waals surface area contributed by atoms with Gasteiger partial charge in [-0.05, 0) is 49.8 Å². The minimum Gasteiger partial charge on any atom is -0.475 e. The predicted octanol–water partition coefficient (Wildman–Crippen LogP) is 2.92. The number of aliphatic carboxylic acids is 1. The molecule has 2 aliphatic rings. The van der Waals surface area contributed by atoms with Gasteiger partial charge in [0.2, 0.25) is 0 Å². The van der Waals surface area contributed by atoms with Gasteiger partial charge in [0.05, 0.1) is 30.1 Å². The van der Waals surface area contributed by atoms with E-state index in [4.69, 9.17) is 14.6 Å². The molecule has 2 aromatic heterocycles. The first-order valence-corrected chi connectivity index (χ1v) is 10.2. The van der Waals surface area contributed by atoms with Gasteiger partial charge in [-0.15, -0.1) is 0 Å². The summed E-state index contributed by atoms with van der Waals surface area (Å²) in [6.45, 7) is 3.92. The summed E-state index contributed by atoms with van der Waals surface area (Å²) in [7, 11) is 1.94. The SMILES string of the molecule is Cc1ccc(C(=O)N2CCc3cnn(C)c3C2COCC2CC2)cn1.O=C(O)C(F)(F)F. The van der Waals surface area contributed by atoms with Crippen LogP contribution in [-0.4, -0.2) is 62.6 Å². The lowest BCUT2D eigenvalue weighted by Crippen LogP contribution is -2.42. The first-order chi connectivity index (χ1) is 15.1. The number of carboxylic acids is 1. The molecule has 1 aliphatic heterocycles. The maximum atomic E-state index is 13.1. The molecule has 1 fully saturated rings. The summed E-state index contributed by atoms with van der Waals surface area (Å²) in [5.41, 5.74) is 3.85. The lowest BCUT2D eigenvalue weighted by atomic mass is 9.99. The Morgan fingerprint density at radius 3 is 2.47 bits per heavy atom. The monoisotopic (exact) mass is 454 g/mol.